The molecule has 1 rings (SSSR count). The van der Waals surface area contributed by atoms with E-state index < -0.39 is 5.97 Å². The highest BCUT2D eigenvalue weighted by Crippen LogP contribution is 2.16. The summed E-state index contributed by atoms with van der Waals surface area (Å²) >= 11 is 1.13. The number of thioether (sulfide) groups is 1. The van der Waals surface area contributed by atoms with Gasteiger partial charge in [-0.15, -0.1) is 0 Å². The lowest BCUT2D eigenvalue weighted by atomic mass is 10.5. The first-order chi connectivity index (χ1) is 6.08. The first-order valence-corrected chi connectivity index (χ1v) is 4.52. The Bertz CT molecular complexity index is 309. The molecular formula is C7H9N3O2S. The third kappa shape index (κ3) is 3.29. The van der Waals surface area contributed by atoms with Crippen LogP contribution in [0.15, 0.2) is 11.1 Å². The van der Waals surface area contributed by atoms with Crippen molar-refractivity contribution < 1.29 is 9.90 Å². The molecule has 13 heavy (non-hydrogen) atoms. The minimum atomic E-state index is -0.875. The van der Waals surface area contributed by atoms with E-state index in [1.807, 2.05) is 0 Å². The zero-order valence-electron chi connectivity index (χ0n) is 7.02. The molecule has 0 amide bonds. The van der Waals surface area contributed by atoms with Crippen molar-refractivity contribution in [2.45, 2.75) is 11.9 Å². The second-order valence-corrected chi connectivity index (χ2v) is 3.36. The van der Waals surface area contributed by atoms with Crippen LogP contribution < -0.4 is 5.73 Å². The van der Waals surface area contributed by atoms with Gasteiger partial charge in [0.15, 0.2) is 0 Å². The molecule has 0 aliphatic carbocycles. The smallest absolute Gasteiger partial charge is 0.313 e. The average Bonchev–Trinajstić information content (AvgIpc) is 1.99. The molecule has 0 saturated carbocycles. The number of aliphatic carboxylic acids is 1. The second kappa shape index (κ2) is 4.08. The van der Waals surface area contributed by atoms with Gasteiger partial charge in [-0.25, -0.2) is 9.97 Å². The van der Waals surface area contributed by atoms with E-state index in [1.54, 1.807) is 13.0 Å². The number of aromatic nitrogens is 2. The topological polar surface area (TPSA) is 89.1 Å². The quantitative estimate of drug-likeness (QED) is 0.545. The molecule has 0 aliphatic heterocycles. The number of hydrogen-bond acceptors (Lipinski definition) is 5. The van der Waals surface area contributed by atoms with E-state index in [0.717, 1.165) is 11.8 Å². The summed E-state index contributed by atoms with van der Waals surface area (Å²) < 4.78 is 0. The van der Waals surface area contributed by atoms with Crippen LogP contribution in [0.25, 0.3) is 0 Å². The zero-order chi connectivity index (χ0) is 9.84. The molecule has 0 fully saturated rings. The third-order valence-electron chi connectivity index (χ3n) is 1.18. The molecule has 0 unspecified atom stereocenters. The van der Waals surface area contributed by atoms with Crippen LogP contribution in [-0.4, -0.2) is 26.8 Å². The van der Waals surface area contributed by atoms with Gasteiger partial charge in [-0.1, -0.05) is 11.8 Å². The first-order valence-electron chi connectivity index (χ1n) is 3.53. The fraction of sp³-hybridized carbons (Fsp3) is 0.286. The molecule has 0 spiro atoms. The van der Waals surface area contributed by atoms with Crippen molar-refractivity contribution in [3.05, 3.63) is 11.9 Å². The van der Waals surface area contributed by atoms with Gasteiger partial charge in [-0.2, -0.15) is 0 Å². The average molecular weight is 199 g/mol. The Labute approximate surface area is 79.4 Å². The predicted molar refractivity (Wildman–Crippen MR) is 49.5 cm³/mol. The Morgan fingerprint density at radius 2 is 2.38 bits per heavy atom. The van der Waals surface area contributed by atoms with E-state index in [0.29, 0.717) is 16.7 Å². The van der Waals surface area contributed by atoms with Crippen molar-refractivity contribution in [1.29, 1.82) is 0 Å². The number of aryl methyl sites for hydroxylation is 1. The number of carbonyl (C=O) groups is 1. The highest BCUT2D eigenvalue weighted by Gasteiger charge is 2.02. The third-order valence-corrected chi connectivity index (χ3v) is 2.07. The molecule has 1 aromatic rings. The molecule has 0 bridgehead atoms. The van der Waals surface area contributed by atoms with Crippen LogP contribution in [0.5, 0.6) is 0 Å². The monoisotopic (exact) mass is 199 g/mol. The van der Waals surface area contributed by atoms with Gasteiger partial charge in [0.05, 0.1) is 5.75 Å². The van der Waals surface area contributed by atoms with Crippen molar-refractivity contribution in [3.63, 3.8) is 0 Å². The van der Waals surface area contributed by atoms with Crippen molar-refractivity contribution in [2.24, 2.45) is 0 Å². The van der Waals surface area contributed by atoms with E-state index in [-0.39, 0.29) is 5.75 Å². The summed E-state index contributed by atoms with van der Waals surface area (Å²) in [4.78, 5) is 18.1. The minimum Gasteiger partial charge on any atom is -0.481 e. The summed E-state index contributed by atoms with van der Waals surface area (Å²) in [6.07, 6.45) is 0. The van der Waals surface area contributed by atoms with Gasteiger partial charge in [0.25, 0.3) is 0 Å². The maximum Gasteiger partial charge on any atom is 0.313 e. The van der Waals surface area contributed by atoms with Crippen LogP contribution in [0.2, 0.25) is 0 Å². The van der Waals surface area contributed by atoms with Gasteiger partial charge in [-0.3, -0.25) is 4.79 Å². The first kappa shape index (κ1) is 9.79. The van der Waals surface area contributed by atoms with Crippen molar-refractivity contribution >= 4 is 23.5 Å². The standard InChI is InChI=1S/C7H9N3O2S/c1-4-9-5(8)2-6(10-4)13-3-7(11)12/h2H,3H2,1H3,(H,11,12)(H2,8,9,10). The van der Waals surface area contributed by atoms with Gasteiger partial charge >= 0.3 is 5.97 Å². The highest BCUT2D eigenvalue weighted by molar-refractivity contribution is 7.99. The second-order valence-electron chi connectivity index (χ2n) is 2.36. The van der Waals surface area contributed by atoms with E-state index >= 15 is 0 Å². The number of anilines is 1. The molecular weight excluding hydrogens is 190 g/mol. The van der Waals surface area contributed by atoms with E-state index in [2.05, 4.69) is 9.97 Å². The molecule has 1 heterocycles. The summed E-state index contributed by atoms with van der Waals surface area (Å²) in [7, 11) is 0. The van der Waals surface area contributed by atoms with Crippen molar-refractivity contribution in [1.82, 2.24) is 9.97 Å². The van der Waals surface area contributed by atoms with Crippen LogP contribution in [0, 0.1) is 6.92 Å². The zero-order valence-corrected chi connectivity index (χ0v) is 7.84. The molecule has 0 aliphatic rings. The number of nitrogen functional groups attached to an aromatic ring is 1. The largest absolute Gasteiger partial charge is 0.481 e. The predicted octanol–water partition coefficient (Wildman–Crippen LogP) is 0.544. The van der Waals surface area contributed by atoms with E-state index in [9.17, 15) is 4.79 Å². The van der Waals surface area contributed by atoms with Crippen LogP contribution >= 0.6 is 11.8 Å². The number of nitrogens with two attached hydrogens (primary N) is 1. The summed E-state index contributed by atoms with van der Waals surface area (Å²) in [6.45, 7) is 1.71. The molecule has 1 aromatic heterocycles. The fourth-order valence-electron chi connectivity index (χ4n) is 0.772. The Balaban J connectivity index is 2.71. The van der Waals surface area contributed by atoms with E-state index in [4.69, 9.17) is 10.8 Å². The number of carboxylic acids is 1. The summed E-state index contributed by atoms with van der Waals surface area (Å²) in [6, 6.07) is 1.56. The maximum atomic E-state index is 10.2. The number of hydrogen-bond donors (Lipinski definition) is 2. The Morgan fingerprint density at radius 1 is 1.69 bits per heavy atom. The Kier molecular flexibility index (Phi) is 3.07. The summed E-state index contributed by atoms with van der Waals surface area (Å²) in [5.41, 5.74) is 5.45. The van der Waals surface area contributed by atoms with E-state index in [1.165, 1.54) is 0 Å². The lowest BCUT2D eigenvalue weighted by Crippen LogP contribution is -2.00. The van der Waals surface area contributed by atoms with Crippen LogP contribution in [0.1, 0.15) is 5.82 Å². The molecule has 6 heteroatoms. The molecule has 70 valence electrons. The molecule has 0 radical (unpaired) electrons. The van der Waals surface area contributed by atoms with Gasteiger partial charge in [0.1, 0.15) is 16.7 Å². The number of rotatable bonds is 3. The van der Waals surface area contributed by atoms with Crippen LogP contribution in [0.3, 0.4) is 0 Å². The van der Waals surface area contributed by atoms with Gasteiger partial charge in [0, 0.05) is 6.07 Å². The lowest BCUT2D eigenvalue weighted by molar-refractivity contribution is -0.133. The SMILES string of the molecule is Cc1nc(N)cc(SCC(=O)O)n1. The molecule has 0 aromatic carbocycles. The summed E-state index contributed by atoms with van der Waals surface area (Å²) in [5.74, 6) is 0.0173. The maximum absolute atomic E-state index is 10.2. The highest BCUT2D eigenvalue weighted by atomic mass is 32.2. The van der Waals surface area contributed by atoms with Gasteiger partial charge in [0.2, 0.25) is 0 Å². The summed E-state index contributed by atoms with van der Waals surface area (Å²) in [5, 5.41) is 9.01. The Hall–Kier alpha value is -1.30. The normalized spacial score (nSPS) is 9.92. The van der Waals surface area contributed by atoms with Crippen LogP contribution in [-0.2, 0) is 4.79 Å². The van der Waals surface area contributed by atoms with Gasteiger partial charge in [-0.05, 0) is 6.92 Å². The molecule has 0 atom stereocenters. The van der Waals surface area contributed by atoms with Crippen molar-refractivity contribution in [2.75, 3.05) is 11.5 Å². The molecule has 3 N–H and O–H groups in total. The van der Waals surface area contributed by atoms with Crippen molar-refractivity contribution in [3.8, 4) is 0 Å². The molecule has 0 saturated heterocycles. The number of nitrogens with zero attached hydrogens (tertiary/aromatic N) is 2. The fourth-order valence-corrected chi connectivity index (χ4v) is 1.44. The lowest BCUT2D eigenvalue weighted by Gasteiger charge is -2.00. The Morgan fingerprint density at radius 3 is 2.92 bits per heavy atom. The van der Waals surface area contributed by atoms with Crippen LogP contribution in [0.4, 0.5) is 5.82 Å². The number of carboxylic acid groups (broad SMARTS) is 1. The van der Waals surface area contributed by atoms with Gasteiger partial charge < -0.3 is 10.8 Å². The minimum absolute atomic E-state index is 0.0180. The molecule has 5 nitrogen and oxygen atoms in total.